The summed E-state index contributed by atoms with van der Waals surface area (Å²) < 4.78 is 26.0. The van der Waals surface area contributed by atoms with E-state index in [-0.39, 0.29) is 12.5 Å². The molecule has 1 unspecified atom stereocenters. The van der Waals surface area contributed by atoms with Crippen LogP contribution in [-0.4, -0.2) is 51.0 Å². The summed E-state index contributed by atoms with van der Waals surface area (Å²) in [6.45, 7) is 3.38. The molecule has 0 aliphatic heterocycles. The SMILES string of the molecule is CCC(C(=O)NC)N(Cc1ccc(Cl)cc1)C(=O)CN(c1cccc(C)c1)S(C)(=O)=O. The third kappa shape index (κ3) is 6.70. The molecule has 2 rings (SSSR count). The predicted molar refractivity (Wildman–Crippen MR) is 124 cm³/mol. The number of halogens is 1. The number of anilines is 1. The van der Waals surface area contributed by atoms with Gasteiger partial charge in [-0.25, -0.2) is 8.42 Å². The van der Waals surface area contributed by atoms with Crippen LogP contribution in [0.1, 0.15) is 24.5 Å². The predicted octanol–water partition coefficient (Wildman–Crippen LogP) is 2.97. The normalized spacial score (nSPS) is 12.2. The zero-order valence-electron chi connectivity index (χ0n) is 18.1. The van der Waals surface area contributed by atoms with Crippen molar-refractivity contribution in [3.63, 3.8) is 0 Å². The number of hydrogen-bond donors (Lipinski definition) is 1. The fourth-order valence-electron chi connectivity index (χ4n) is 3.27. The first-order valence-corrected chi connectivity index (χ1v) is 12.1. The summed E-state index contributed by atoms with van der Waals surface area (Å²) in [4.78, 5) is 27.2. The van der Waals surface area contributed by atoms with E-state index in [1.807, 2.05) is 13.0 Å². The number of amides is 2. The lowest BCUT2D eigenvalue weighted by Crippen LogP contribution is -2.51. The molecule has 1 atom stereocenters. The number of nitrogens with zero attached hydrogens (tertiary/aromatic N) is 2. The lowest BCUT2D eigenvalue weighted by atomic mass is 10.1. The number of likely N-dealkylation sites (N-methyl/N-ethyl adjacent to an activating group) is 1. The van der Waals surface area contributed by atoms with E-state index >= 15 is 0 Å². The minimum Gasteiger partial charge on any atom is -0.357 e. The van der Waals surface area contributed by atoms with Gasteiger partial charge in [-0.1, -0.05) is 42.8 Å². The topological polar surface area (TPSA) is 86.8 Å². The van der Waals surface area contributed by atoms with Crippen molar-refractivity contribution in [3.05, 3.63) is 64.7 Å². The molecule has 0 aromatic heterocycles. The average Bonchev–Trinajstić information content (AvgIpc) is 2.72. The Morgan fingerprint density at radius 2 is 1.77 bits per heavy atom. The molecule has 0 fully saturated rings. The molecule has 7 nitrogen and oxygen atoms in total. The summed E-state index contributed by atoms with van der Waals surface area (Å²) in [5, 5.41) is 3.14. The van der Waals surface area contributed by atoms with Gasteiger partial charge in [0.05, 0.1) is 11.9 Å². The van der Waals surface area contributed by atoms with Crippen molar-refractivity contribution >= 4 is 39.1 Å². The van der Waals surface area contributed by atoms with E-state index in [1.165, 1.54) is 11.9 Å². The molecule has 0 bridgehead atoms. The molecule has 0 aliphatic rings. The number of hydrogen-bond acceptors (Lipinski definition) is 4. The molecule has 0 radical (unpaired) electrons. The maximum atomic E-state index is 13.4. The third-order valence-electron chi connectivity index (χ3n) is 4.87. The highest BCUT2D eigenvalue weighted by atomic mass is 35.5. The Balaban J connectivity index is 2.41. The van der Waals surface area contributed by atoms with E-state index in [4.69, 9.17) is 11.6 Å². The Morgan fingerprint density at radius 3 is 2.29 bits per heavy atom. The van der Waals surface area contributed by atoms with Crippen LogP contribution in [0.3, 0.4) is 0 Å². The molecule has 31 heavy (non-hydrogen) atoms. The number of aryl methyl sites for hydroxylation is 1. The zero-order chi connectivity index (χ0) is 23.2. The second kappa shape index (κ2) is 10.6. The van der Waals surface area contributed by atoms with Gasteiger partial charge in [0.15, 0.2) is 0 Å². The molecule has 168 valence electrons. The lowest BCUT2D eigenvalue weighted by molar-refractivity contribution is -0.140. The number of benzene rings is 2. The van der Waals surface area contributed by atoms with E-state index in [0.717, 1.165) is 21.7 Å². The number of carbonyl (C=O) groups is 2. The van der Waals surface area contributed by atoms with Crippen molar-refractivity contribution in [2.45, 2.75) is 32.9 Å². The highest BCUT2D eigenvalue weighted by Crippen LogP contribution is 2.21. The summed E-state index contributed by atoms with van der Waals surface area (Å²) in [5.74, 6) is -0.788. The zero-order valence-corrected chi connectivity index (χ0v) is 19.7. The van der Waals surface area contributed by atoms with Gasteiger partial charge in [0.1, 0.15) is 12.6 Å². The Labute approximate surface area is 189 Å². The van der Waals surface area contributed by atoms with Crippen LogP contribution in [0.5, 0.6) is 0 Å². The van der Waals surface area contributed by atoms with Crippen molar-refractivity contribution in [2.24, 2.45) is 0 Å². The molecular formula is C22H28ClN3O4S. The smallest absolute Gasteiger partial charge is 0.244 e. The van der Waals surface area contributed by atoms with Crippen molar-refractivity contribution in [1.82, 2.24) is 10.2 Å². The average molecular weight is 466 g/mol. The first-order valence-electron chi connectivity index (χ1n) is 9.86. The first kappa shape index (κ1) is 24.7. The van der Waals surface area contributed by atoms with Crippen molar-refractivity contribution < 1.29 is 18.0 Å². The van der Waals surface area contributed by atoms with Crippen molar-refractivity contribution in [2.75, 3.05) is 24.2 Å². The van der Waals surface area contributed by atoms with Crippen LogP contribution in [0.4, 0.5) is 5.69 Å². The fraction of sp³-hybridized carbons (Fsp3) is 0.364. The first-order chi connectivity index (χ1) is 14.6. The highest BCUT2D eigenvalue weighted by Gasteiger charge is 2.31. The van der Waals surface area contributed by atoms with E-state index in [2.05, 4.69) is 5.32 Å². The molecule has 1 N–H and O–H groups in total. The van der Waals surface area contributed by atoms with Gasteiger partial charge in [-0.3, -0.25) is 13.9 Å². The van der Waals surface area contributed by atoms with E-state index in [1.54, 1.807) is 49.4 Å². The summed E-state index contributed by atoms with van der Waals surface area (Å²) >= 11 is 5.96. The highest BCUT2D eigenvalue weighted by molar-refractivity contribution is 7.92. The summed E-state index contributed by atoms with van der Waals surface area (Å²) in [6, 6.07) is 13.1. The largest absolute Gasteiger partial charge is 0.357 e. The van der Waals surface area contributed by atoms with Crippen LogP contribution in [0, 0.1) is 6.92 Å². The van der Waals surface area contributed by atoms with E-state index in [9.17, 15) is 18.0 Å². The molecule has 0 heterocycles. The summed E-state index contributed by atoms with van der Waals surface area (Å²) in [6.07, 6.45) is 1.44. The van der Waals surface area contributed by atoms with Crippen LogP contribution in [0.15, 0.2) is 48.5 Å². The number of nitrogens with one attached hydrogen (secondary N) is 1. The number of rotatable bonds is 9. The number of carbonyl (C=O) groups excluding carboxylic acids is 2. The lowest BCUT2D eigenvalue weighted by Gasteiger charge is -2.32. The summed E-state index contributed by atoms with van der Waals surface area (Å²) in [7, 11) is -2.23. The van der Waals surface area contributed by atoms with E-state index < -0.39 is 28.5 Å². The van der Waals surface area contributed by atoms with Gasteiger partial charge in [-0.2, -0.15) is 0 Å². The molecule has 0 spiro atoms. The van der Waals surface area contributed by atoms with Gasteiger partial charge < -0.3 is 10.2 Å². The van der Waals surface area contributed by atoms with Crippen LogP contribution in [0.2, 0.25) is 5.02 Å². The van der Waals surface area contributed by atoms with Gasteiger partial charge >= 0.3 is 0 Å². The monoisotopic (exact) mass is 465 g/mol. The second-order valence-electron chi connectivity index (χ2n) is 7.30. The quantitative estimate of drug-likeness (QED) is 0.616. The Hall–Kier alpha value is -2.58. The molecule has 2 amide bonds. The maximum absolute atomic E-state index is 13.4. The molecule has 0 aliphatic carbocycles. The Kier molecular flexibility index (Phi) is 8.47. The minimum absolute atomic E-state index is 0.146. The van der Waals surface area contributed by atoms with Crippen LogP contribution < -0.4 is 9.62 Å². The number of sulfonamides is 1. The van der Waals surface area contributed by atoms with Gasteiger partial charge in [-0.05, 0) is 48.7 Å². The molecule has 9 heteroatoms. The molecule has 2 aromatic carbocycles. The summed E-state index contributed by atoms with van der Waals surface area (Å²) in [5.41, 5.74) is 2.05. The van der Waals surface area contributed by atoms with Gasteiger partial charge in [0.25, 0.3) is 0 Å². The molecule has 0 saturated carbocycles. The standard InChI is InChI=1S/C22H28ClN3O4S/c1-5-20(22(28)24-3)25(14-17-9-11-18(23)12-10-17)21(27)15-26(31(4,29)30)19-8-6-7-16(2)13-19/h6-13,20H,5,14-15H2,1-4H3,(H,24,28). The minimum atomic E-state index is -3.73. The van der Waals surface area contributed by atoms with Gasteiger partial charge in [-0.15, -0.1) is 0 Å². The van der Waals surface area contributed by atoms with E-state index in [0.29, 0.717) is 17.1 Å². The molecule has 2 aromatic rings. The van der Waals surface area contributed by atoms with Crippen LogP contribution in [0.25, 0.3) is 0 Å². The van der Waals surface area contributed by atoms with Crippen LogP contribution >= 0.6 is 11.6 Å². The second-order valence-corrected chi connectivity index (χ2v) is 9.64. The Bertz CT molecular complexity index is 1030. The van der Waals surface area contributed by atoms with Crippen LogP contribution in [-0.2, 0) is 26.2 Å². The fourth-order valence-corrected chi connectivity index (χ4v) is 4.24. The molecular weight excluding hydrogens is 438 g/mol. The Morgan fingerprint density at radius 1 is 1.13 bits per heavy atom. The van der Waals surface area contributed by atoms with Crippen molar-refractivity contribution in [1.29, 1.82) is 0 Å². The third-order valence-corrected chi connectivity index (χ3v) is 6.26. The maximum Gasteiger partial charge on any atom is 0.244 e. The molecule has 0 saturated heterocycles. The van der Waals surface area contributed by atoms with Gasteiger partial charge in [0, 0.05) is 18.6 Å². The van der Waals surface area contributed by atoms with Crippen molar-refractivity contribution in [3.8, 4) is 0 Å². The van der Waals surface area contributed by atoms with Gasteiger partial charge in [0.2, 0.25) is 21.8 Å².